The van der Waals surface area contributed by atoms with Crippen LogP contribution in [0.4, 0.5) is 4.39 Å². The van der Waals surface area contributed by atoms with E-state index in [-0.39, 0.29) is 5.82 Å². The molecule has 1 N–H and O–H groups in total. The second kappa shape index (κ2) is 5.76. The van der Waals surface area contributed by atoms with Crippen LogP contribution in [0.5, 0.6) is 0 Å². The fourth-order valence-electron chi connectivity index (χ4n) is 2.71. The molecule has 1 aliphatic rings. The molecule has 2 heteroatoms. The van der Waals surface area contributed by atoms with Gasteiger partial charge in [0.15, 0.2) is 0 Å². The fourth-order valence-corrected chi connectivity index (χ4v) is 2.71. The molecule has 0 aromatic heterocycles. The van der Waals surface area contributed by atoms with Crippen LogP contribution in [0.25, 0.3) is 0 Å². The Kier molecular flexibility index (Phi) is 3.83. The van der Waals surface area contributed by atoms with Crippen molar-refractivity contribution in [2.45, 2.75) is 32.4 Å². The maximum Gasteiger partial charge on any atom is 0.123 e. The van der Waals surface area contributed by atoms with E-state index in [9.17, 15) is 4.39 Å². The molecular formula is C18H20FN. The Morgan fingerprint density at radius 3 is 2.55 bits per heavy atom. The summed E-state index contributed by atoms with van der Waals surface area (Å²) in [5.74, 6) is 0.534. The molecular weight excluding hydrogens is 249 g/mol. The van der Waals surface area contributed by atoms with Crippen LogP contribution in [0, 0.1) is 18.7 Å². The van der Waals surface area contributed by atoms with Crippen molar-refractivity contribution < 1.29 is 4.39 Å². The van der Waals surface area contributed by atoms with E-state index in [0.717, 1.165) is 6.54 Å². The Morgan fingerprint density at radius 2 is 1.90 bits per heavy atom. The normalized spacial score (nSPS) is 16.1. The summed E-state index contributed by atoms with van der Waals surface area (Å²) in [4.78, 5) is 0. The van der Waals surface area contributed by atoms with E-state index in [0.29, 0.717) is 12.0 Å². The summed E-state index contributed by atoms with van der Waals surface area (Å²) in [6.07, 6.45) is 2.53. The van der Waals surface area contributed by atoms with Crippen LogP contribution in [0.1, 0.15) is 35.6 Å². The number of halogens is 1. The summed E-state index contributed by atoms with van der Waals surface area (Å²) in [6.45, 7) is 2.97. The zero-order valence-corrected chi connectivity index (χ0v) is 11.8. The standard InChI is InChI=1S/C18H20FN/c1-13-3-2-4-14(11-13)12-20-18(15-5-6-15)16-7-9-17(19)10-8-16/h2-4,7-11,15,18,20H,5-6,12H2,1H3. The Hall–Kier alpha value is -1.67. The van der Waals surface area contributed by atoms with Crippen LogP contribution in [-0.2, 0) is 6.54 Å². The summed E-state index contributed by atoms with van der Waals surface area (Å²) in [7, 11) is 0. The van der Waals surface area contributed by atoms with Crippen molar-refractivity contribution in [1.29, 1.82) is 0 Å². The van der Waals surface area contributed by atoms with Gasteiger partial charge < -0.3 is 5.32 Å². The molecule has 0 saturated heterocycles. The van der Waals surface area contributed by atoms with E-state index < -0.39 is 0 Å². The van der Waals surface area contributed by atoms with Crippen LogP contribution in [-0.4, -0.2) is 0 Å². The molecule has 0 amide bonds. The van der Waals surface area contributed by atoms with Gasteiger partial charge in [0.25, 0.3) is 0 Å². The van der Waals surface area contributed by atoms with Crippen LogP contribution >= 0.6 is 0 Å². The van der Waals surface area contributed by atoms with Gasteiger partial charge in [0.1, 0.15) is 5.82 Å². The number of nitrogens with one attached hydrogen (secondary N) is 1. The zero-order chi connectivity index (χ0) is 13.9. The highest BCUT2D eigenvalue weighted by molar-refractivity contribution is 5.24. The molecule has 1 atom stereocenters. The Bertz CT molecular complexity index is 572. The predicted octanol–water partition coefficient (Wildman–Crippen LogP) is 4.38. The quantitative estimate of drug-likeness (QED) is 0.849. The molecule has 0 spiro atoms. The zero-order valence-electron chi connectivity index (χ0n) is 11.8. The predicted molar refractivity (Wildman–Crippen MR) is 79.9 cm³/mol. The first kappa shape index (κ1) is 13.3. The summed E-state index contributed by atoms with van der Waals surface area (Å²) in [6, 6.07) is 15.8. The van der Waals surface area contributed by atoms with Gasteiger partial charge in [0.2, 0.25) is 0 Å². The Morgan fingerprint density at radius 1 is 1.15 bits per heavy atom. The molecule has 3 rings (SSSR count). The van der Waals surface area contributed by atoms with Crippen LogP contribution in [0.2, 0.25) is 0 Å². The van der Waals surface area contributed by atoms with Gasteiger partial charge in [-0.15, -0.1) is 0 Å². The summed E-state index contributed by atoms with van der Waals surface area (Å²) in [5, 5.41) is 3.64. The second-order valence-electron chi connectivity index (χ2n) is 5.74. The third-order valence-corrected chi connectivity index (χ3v) is 3.93. The highest BCUT2D eigenvalue weighted by Gasteiger charge is 2.31. The molecule has 0 radical (unpaired) electrons. The highest BCUT2D eigenvalue weighted by atomic mass is 19.1. The molecule has 1 saturated carbocycles. The van der Waals surface area contributed by atoms with Crippen molar-refractivity contribution in [3.8, 4) is 0 Å². The minimum atomic E-state index is -0.165. The summed E-state index contributed by atoms with van der Waals surface area (Å²) >= 11 is 0. The van der Waals surface area contributed by atoms with Gasteiger partial charge in [-0.3, -0.25) is 0 Å². The van der Waals surface area contributed by atoms with Gasteiger partial charge in [0.05, 0.1) is 0 Å². The second-order valence-corrected chi connectivity index (χ2v) is 5.74. The largest absolute Gasteiger partial charge is 0.306 e. The number of hydrogen-bond donors (Lipinski definition) is 1. The fraction of sp³-hybridized carbons (Fsp3) is 0.333. The van der Waals surface area contributed by atoms with E-state index in [2.05, 4.69) is 36.5 Å². The van der Waals surface area contributed by atoms with E-state index in [1.54, 1.807) is 12.1 Å². The first-order chi connectivity index (χ1) is 9.72. The van der Waals surface area contributed by atoms with E-state index in [1.165, 1.54) is 29.5 Å². The molecule has 0 aliphatic heterocycles. The average Bonchev–Trinajstić information content (AvgIpc) is 3.26. The molecule has 1 nitrogen and oxygen atoms in total. The smallest absolute Gasteiger partial charge is 0.123 e. The monoisotopic (exact) mass is 269 g/mol. The van der Waals surface area contributed by atoms with Gasteiger partial charge in [-0.05, 0) is 48.9 Å². The van der Waals surface area contributed by atoms with Crippen LogP contribution in [0.3, 0.4) is 0 Å². The molecule has 0 bridgehead atoms. The first-order valence-electron chi connectivity index (χ1n) is 7.27. The van der Waals surface area contributed by atoms with Crippen molar-refractivity contribution in [2.24, 2.45) is 5.92 Å². The summed E-state index contributed by atoms with van der Waals surface area (Å²) < 4.78 is 13.0. The molecule has 1 aliphatic carbocycles. The van der Waals surface area contributed by atoms with Gasteiger partial charge in [0, 0.05) is 12.6 Å². The average molecular weight is 269 g/mol. The van der Waals surface area contributed by atoms with Crippen molar-refractivity contribution in [1.82, 2.24) is 5.32 Å². The Balaban J connectivity index is 1.70. The maximum absolute atomic E-state index is 13.0. The maximum atomic E-state index is 13.0. The number of benzene rings is 2. The van der Waals surface area contributed by atoms with Crippen molar-refractivity contribution in [2.75, 3.05) is 0 Å². The first-order valence-corrected chi connectivity index (χ1v) is 7.27. The molecule has 1 fully saturated rings. The van der Waals surface area contributed by atoms with Gasteiger partial charge in [-0.2, -0.15) is 0 Å². The summed E-state index contributed by atoms with van der Waals surface area (Å²) in [5.41, 5.74) is 3.79. The minimum absolute atomic E-state index is 0.165. The third-order valence-electron chi connectivity index (χ3n) is 3.93. The lowest BCUT2D eigenvalue weighted by Crippen LogP contribution is -2.22. The van der Waals surface area contributed by atoms with E-state index in [1.807, 2.05) is 12.1 Å². The van der Waals surface area contributed by atoms with Gasteiger partial charge >= 0.3 is 0 Å². The molecule has 1 unspecified atom stereocenters. The van der Waals surface area contributed by atoms with Crippen molar-refractivity contribution >= 4 is 0 Å². The molecule has 0 heterocycles. The SMILES string of the molecule is Cc1cccc(CNC(c2ccc(F)cc2)C2CC2)c1. The highest BCUT2D eigenvalue weighted by Crippen LogP contribution is 2.41. The molecule has 104 valence electrons. The number of rotatable bonds is 5. The molecule has 2 aromatic carbocycles. The number of aryl methyl sites for hydroxylation is 1. The number of hydrogen-bond acceptors (Lipinski definition) is 1. The Labute approximate surface area is 119 Å². The van der Waals surface area contributed by atoms with Crippen molar-refractivity contribution in [3.05, 3.63) is 71.0 Å². The third kappa shape index (κ3) is 3.26. The lowest BCUT2D eigenvalue weighted by atomic mass is 10.0. The van der Waals surface area contributed by atoms with Crippen molar-refractivity contribution in [3.63, 3.8) is 0 Å². The molecule has 2 aromatic rings. The lowest BCUT2D eigenvalue weighted by molar-refractivity contribution is 0.479. The minimum Gasteiger partial charge on any atom is -0.306 e. The topological polar surface area (TPSA) is 12.0 Å². The molecule has 20 heavy (non-hydrogen) atoms. The van der Waals surface area contributed by atoms with E-state index in [4.69, 9.17) is 0 Å². The van der Waals surface area contributed by atoms with Gasteiger partial charge in [-0.25, -0.2) is 4.39 Å². The van der Waals surface area contributed by atoms with Crippen LogP contribution in [0.15, 0.2) is 48.5 Å². The van der Waals surface area contributed by atoms with E-state index >= 15 is 0 Å². The van der Waals surface area contributed by atoms with Crippen LogP contribution < -0.4 is 5.32 Å². The van der Waals surface area contributed by atoms with Gasteiger partial charge in [-0.1, -0.05) is 42.0 Å². The lowest BCUT2D eigenvalue weighted by Gasteiger charge is -2.19.